The van der Waals surface area contributed by atoms with E-state index in [0.29, 0.717) is 37.8 Å². The first-order valence-electron chi connectivity index (χ1n) is 9.86. The fourth-order valence-corrected chi connectivity index (χ4v) is 2.89. The Kier molecular flexibility index (Phi) is 12.8. The van der Waals surface area contributed by atoms with Gasteiger partial charge in [0.25, 0.3) is 0 Å². The van der Waals surface area contributed by atoms with E-state index in [2.05, 4.69) is 15.6 Å². The largest absolute Gasteiger partial charge is 0.490 e. The van der Waals surface area contributed by atoms with Gasteiger partial charge in [0.05, 0.1) is 19.8 Å². The van der Waals surface area contributed by atoms with E-state index in [0.717, 1.165) is 11.1 Å². The molecule has 0 spiro atoms. The Bertz CT molecular complexity index is 822. The lowest BCUT2D eigenvalue weighted by atomic mass is 10.1. The molecule has 6 nitrogen and oxygen atoms in total. The van der Waals surface area contributed by atoms with Gasteiger partial charge in [0.2, 0.25) is 0 Å². The first-order valence-corrected chi connectivity index (χ1v) is 9.86. The zero-order chi connectivity index (χ0) is 21.8. The van der Waals surface area contributed by atoms with Gasteiger partial charge in [-0.2, -0.15) is 8.78 Å². The minimum Gasteiger partial charge on any atom is -0.490 e. The van der Waals surface area contributed by atoms with Crippen LogP contribution in [0.2, 0.25) is 0 Å². The van der Waals surface area contributed by atoms with Gasteiger partial charge in [0, 0.05) is 25.8 Å². The quantitative estimate of drug-likeness (QED) is 0.242. The summed E-state index contributed by atoms with van der Waals surface area (Å²) in [6, 6.07) is 13.0. The van der Waals surface area contributed by atoms with Crippen LogP contribution in [0.5, 0.6) is 11.5 Å². The predicted molar refractivity (Wildman–Crippen MR) is 128 cm³/mol. The van der Waals surface area contributed by atoms with Crippen LogP contribution in [0.3, 0.4) is 0 Å². The number of nitrogens with one attached hydrogen (secondary N) is 2. The number of guanidine groups is 1. The molecule has 0 heterocycles. The van der Waals surface area contributed by atoms with Crippen molar-refractivity contribution >= 4 is 29.9 Å². The maximum Gasteiger partial charge on any atom is 0.387 e. The predicted octanol–water partition coefficient (Wildman–Crippen LogP) is 4.71. The van der Waals surface area contributed by atoms with Crippen molar-refractivity contribution in [3.05, 3.63) is 59.2 Å². The number of benzene rings is 2. The van der Waals surface area contributed by atoms with Gasteiger partial charge in [0.15, 0.2) is 17.5 Å². The Labute approximate surface area is 199 Å². The highest BCUT2D eigenvalue weighted by molar-refractivity contribution is 14.0. The van der Waals surface area contributed by atoms with Crippen molar-refractivity contribution < 1.29 is 23.0 Å². The molecule has 0 aromatic heterocycles. The van der Waals surface area contributed by atoms with E-state index < -0.39 is 6.61 Å². The lowest BCUT2D eigenvalue weighted by Crippen LogP contribution is -2.37. The van der Waals surface area contributed by atoms with Crippen LogP contribution >= 0.6 is 24.0 Å². The number of hydrogen-bond acceptors (Lipinski definition) is 4. The van der Waals surface area contributed by atoms with Gasteiger partial charge < -0.3 is 24.8 Å². The Balaban J connectivity index is 0.00000480. The number of rotatable bonds is 11. The standard InChI is InChI=1S/C22H29F2N3O3.HI/c1-4-25-22(26-13-16-9-6-7-10-18(16)15-28-3)27-14-17-11-8-12-19(29-5-2)20(17)30-21(23)24;/h6-12,21H,4-5,13-15H2,1-3H3,(H2,25,26,27);1H. The van der Waals surface area contributed by atoms with Crippen LogP contribution in [-0.2, 0) is 24.4 Å². The van der Waals surface area contributed by atoms with Crippen molar-refractivity contribution in [1.29, 1.82) is 0 Å². The number of para-hydroxylation sites is 1. The van der Waals surface area contributed by atoms with E-state index in [9.17, 15) is 8.78 Å². The number of methoxy groups -OCH3 is 1. The molecule has 0 saturated heterocycles. The van der Waals surface area contributed by atoms with Crippen LogP contribution in [0.4, 0.5) is 8.78 Å². The summed E-state index contributed by atoms with van der Waals surface area (Å²) in [5.41, 5.74) is 2.68. The van der Waals surface area contributed by atoms with Crippen LogP contribution in [0.25, 0.3) is 0 Å². The summed E-state index contributed by atoms with van der Waals surface area (Å²) < 4.78 is 41.2. The van der Waals surface area contributed by atoms with Gasteiger partial charge in [-0.05, 0) is 31.0 Å². The third-order valence-corrected chi connectivity index (χ3v) is 4.18. The van der Waals surface area contributed by atoms with Crippen molar-refractivity contribution in [1.82, 2.24) is 10.6 Å². The summed E-state index contributed by atoms with van der Waals surface area (Å²) in [6.07, 6.45) is 0. The Hall–Kier alpha value is -2.14. The molecule has 0 aliphatic rings. The molecule has 2 aromatic carbocycles. The molecule has 2 aromatic rings. The topological polar surface area (TPSA) is 64.1 Å². The second kappa shape index (κ2) is 14.8. The number of halogens is 3. The molecule has 2 rings (SSSR count). The second-order valence-electron chi connectivity index (χ2n) is 6.31. The lowest BCUT2D eigenvalue weighted by Gasteiger charge is -2.16. The van der Waals surface area contributed by atoms with E-state index in [4.69, 9.17) is 14.2 Å². The van der Waals surface area contributed by atoms with Crippen molar-refractivity contribution in [2.45, 2.75) is 40.2 Å². The zero-order valence-corrected chi connectivity index (χ0v) is 20.3. The first-order chi connectivity index (χ1) is 14.6. The molecular weight excluding hydrogens is 519 g/mol. The van der Waals surface area contributed by atoms with Gasteiger partial charge in [-0.15, -0.1) is 24.0 Å². The summed E-state index contributed by atoms with van der Waals surface area (Å²) in [5.74, 6) is 0.853. The monoisotopic (exact) mass is 549 g/mol. The van der Waals surface area contributed by atoms with Crippen LogP contribution in [0.1, 0.15) is 30.5 Å². The van der Waals surface area contributed by atoms with Crippen LogP contribution in [0.15, 0.2) is 47.5 Å². The third kappa shape index (κ3) is 8.86. The number of alkyl halides is 2. The fourth-order valence-electron chi connectivity index (χ4n) is 2.89. The van der Waals surface area contributed by atoms with Crippen molar-refractivity contribution in [3.8, 4) is 11.5 Å². The molecule has 0 amide bonds. The highest BCUT2D eigenvalue weighted by Gasteiger charge is 2.15. The van der Waals surface area contributed by atoms with Gasteiger partial charge in [-0.1, -0.05) is 36.4 Å². The molecule has 0 atom stereocenters. The molecule has 172 valence electrons. The summed E-state index contributed by atoms with van der Waals surface area (Å²) in [7, 11) is 1.66. The minimum absolute atomic E-state index is 0. The molecule has 0 radical (unpaired) electrons. The molecule has 0 bridgehead atoms. The summed E-state index contributed by atoms with van der Waals surface area (Å²) in [4.78, 5) is 4.53. The van der Waals surface area contributed by atoms with Crippen molar-refractivity contribution in [2.24, 2.45) is 4.99 Å². The SMILES string of the molecule is CCNC(=NCc1cccc(OCC)c1OC(F)F)NCc1ccccc1COC.I. The second-order valence-corrected chi connectivity index (χ2v) is 6.31. The number of aliphatic imine (C=N–C) groups is 1. The van der Waals surface area contributed by atoms with E-state index in [1.165, 1.54) is 0 Å². The van der Waals surface area contributed by atoms with E-state index in [1.54, 1.807) is 32.2 Å². The Morgan fingerprint density at radius 2 is 1.71 bits per heavy atom. The highest BCUT2D eigenvalue weighted by atomic mass is 127. The van der Waals surface area contributed by atoms with Gasteiger partial charge >= 0.3 is 6.61 Å². The molecule has 0 fully saturated rings. The molecule has 0 aliphatic heterocycles. The molecule has 0 aliphatic carbocycles. The maximum absolute atomic E-state index is 12.9. The number of hydrogen-bond donors (Lipinski definition) is 2. The Morgan fingerprint density at radius 3 is 2.35 bits per heavy atom. The highest BCUT2D eigenvalue weighted by Crippen LogP contribution is 2.33. The van der Waals surface area contributed by atoms with Gasteiger partial charge in [-0.25, -0.2) is 4.99 Å². The van der Waals surface area contributed by atoms with Crippen LogP contribution in [-0.4, -0.2) is 32.8 Å². The Morgan fingerprint density at radius 1 is 1.00 bits per heavy atom. The fraction of sp³-hybridized carbons (Fsp3) is 0.409. The summed E-state index contributed by atoms with van der Waals surface area (Å²) in [5, 5.41) is 6.43. The normalized spacial score (nSPS) is 11.1. The molecular formula is C22H30F2IN3O3. The number of ether oxygens (including phenoxy) is 3. The van der Waals surface area contributed by atoms with Gasteiger partial charge in [-0.3, -0.25) is 0 Å². The number of nitrogens with zero attached hydrogens (tertiary/aromatic N) is 1. The summed E-state index contributed by atoms with van der Waals surface area (Å²) in [6.45, 7) is 3.01. The van der Waals surface area contributed by atoms with Crippen molar-refractivity contribution in [3.63, 3.8) is 0 Å². The smallest absolute Gasteiger partial charge is 0.387 e. The zero-order valence-electron chi connectivity index (χ0n) is 18.0. The van der Waals surface area contributed by atoms with E-state index in [1.807, 2.05) is 31.2 Å². The molecule has 0 saturated carbocycles. The van der Waals surface area contributed by atoms with Crippen molar-refractivity contribution in [2.75, 3.05) is 20.3 Å². The minimum atomic E-state index is -2.95. The molecule has 2 N–H and O–H groups in total. The average molecular weight is 549 g/mol. The van der Waals surface area contributed by atoms with E-state index >= 15 is 0 Å². The van der Waals surface area contributed by atoms with Gasteiger partial charge in [0.1, 0.15) is 0 Å². The van der Waals surface area contributed by atoms with Crippen LogP contribution < -0.4 is 20.1 Å². The third-order valence-electron chi connectivity index (χ3n) is 4.18. The maximum atomic E-state index is 12.9. The average Bonchev–Trinajstić information content (AvgIpc) is 2.73. The molecule has 9 heteroatoms. The van der Waals surface area contributed by atoms with E-state index in [-0.39, 0.29) is 42.0 Å². The summed E-state index contributed by atoms with van der Waals surface area (Å²) >= 11 is 0. The lowest BCUT2D eigenvalue weighted by molar-refractivity contribution is -0.0520. The molecule has 31 heavy (non-hydrogen) atoms. The first kappa shape index (κ1) is 26.9. The molecule has 0 unspecified atom stereocenters. The van der Waals surface area contributed by atoms with Crippen LogP contribution in [0, 0.1) is 0 Å².